The number of rotatable bonds is 2. The minimum absolute atomic E-state index is 0.143. The zero-order valence-electron chi connectivity index (χ0n) is 8.15. The molecule has 4 nitrogen and oxygen atoms in total. The van der Waals surface area contributed by atoms with Gasteiger partial charge >= 0.3 is 0 Å². The molecule has 2 rings (SSSR count). The fourth-order valence-electron chi connectivity index (χ4n) is 1.60. The highest BCUT2D eigenvalue weighted by Gasteiger charge is 2.21. The molecule has 2 atom stereocenters. The molecule has 1 aromatic heterocycles. The highest BCUT2D eigenvalue weighted by Crippen LogP contribution is 2.16. The second-order valence-electron chi connectivity index (χ2n) is 3.44. The number of piperidine rings is 1. The zero-order valence-corrected chi connectivity index (χ0v) is 9.72. The Morgan fingerprint density at radius 3 is 3.07 bits per heavy atom. The van der Waals surface area contributed by atoms with E-state index in [4.69, 9.17) is 11.6 Å². The van der Waals surface area contributed by atoms with Gasteiger partial charge in [0.2, 0.25) is 0 Å². The largest absolute Gasteiger partial charge is 0.316 e. The maximum atomic E-state index is 12.1. The lowest BCUT2D eigenvalue weighted by atomic mass is 10.2. The van der Waals surface area contributed by atoms with Crippen molar-refractivity contribution >= 4 is 22.4 Å². The second kappa shape index (κ2) is 5.01. The number of nitrogens with one attached hydrogen (secondary N) is 1. The summed E-state index contributed by atoms with van der Waals surface area (Å²) in [5, 5.41) is 4.25. The van der Waals surface area contributed by atoms with Crippen LogP contribution in [-0.4, -0.2) is 32.5 Å². The average Bonchev–Trinajstić information content (AvgIpc) is 2.29. The van der Waals surface area contributed by atoms with Crippen LogP contribution in [0.1, 0.15) is 12.8 Å². The van der Waals surface area contributed by atoms with Crippen molar-refractivity contribution in [1.29, 1.82) is 0 Å². The molecule has 0 radical (unpaired) electrons. The first-order chi connectivity index (χ1) is 7.27. The van der Waals surface area contributed by atoms with Crippen LogP contribution in [0.2, 0.25) is 5.15 Å². The van der Waals surface area contributed by atoms with Crippen LogP contribution in [0.5, 0.6) is 0 Å². The summed E-state index contributed by atoms with van der Waals surface area (Å²) in [6.45, 7) is 1.80. The van der Waals surface area contributed by atoms with Crippen molar-refractivity contribution in [2.75, 3.05) is 13.1 Å². The topological polar surface area (TPSA) is 54.9 Å². The van der Waals surface area contributed by atoms with Gasteiger partial charge in [0.25, 0.3) is 0 Å². The molecular formula is C9H12ClN3OS. The molecule has 0 aliphatic carbocycles. The molecule has 15 heavy (non-hydrogen) atoms. The summed E-state index contributed by atoms with van der Waals surface area (Å²) in [6, 6.07) is 1.58. The standard InChI is InChI=1S/C9H12ClN3OS/c10-8-4-9(13-6-12-8)15(14)7-2-1-3-11-5-7/h4,6-7,11H,1-3,5H2/t7-,15-/m1/s1. The van der Waals surface area contributed by atoms with E-state index in [1.165, 1.54) is 6.33 Å². The Balaban J connectivity index is 2.12. The first-order valence-electron chi connectivity index (χ1n) is 4.86. The van der Waals surface area contributed by atoms with E-state index in [0.717, 1.165) is 25.9 Å². The zero-order chi connectivity index (χ0) is 10.7. The Hall–Kier alpha value is -0.520. The summed E-state index contributed by atoms with van der Waals surface area (Å²) in [5.41, 5.74) is 0. The molecule has 0 bridgehead atoms. The van der Waals surface area contributed by atoms with Gasteiger partial charge in [0, 0.05) is 12.6 Å². The van der Waals surface area contributed by atoms with Crippen molar-refractivity contribution in [3.05, 3.63) is 17.5 Å². The van der Waals surface area contributed by atoms with Crippen molar-refractivity contribution in [1.82, 2.24) is 15.3 Å². The minimum atomic E-state index is -1.08. The number of aromatic nitrogens is 2. The van der Waals surface area contributed by atoms with Crippen LogP contribution in [0.3, 0.4) is 0 Å². The third-order valence-electron chi connectivity index (χ3n) is 2.37. The van der Waals surface area contributed by atoms with Gasteiger partial charge in [0.05, 0.1) is 16.0 Å². The van der Waals surface area contributed by atoms with E-state index in [1.54, 1.807) is 6.07 Å². The molecule has 2 heterocycles. The summed E-state index contributed by atoms with van der Waals surface area (Å²) >= 11 is 5.73. The predicted octanol–water partition coefficient (Wildman–Crippen LogP) is 0.990. The summed E-state index contributed by atoms with van der Waals surface area (Å²) in [6.07, 6.45) is 3.39. The van der Waals surface area contributed by atoms with Crippen LogP contribution in [0.4, 0.5) is 0 Å². The van der Waals surface area contributed by atoms with Gasteiger partial charge in [-0.15, -0.1) is 0 Å². The molecule has 0 aromatic carbocycles. The lowest BCUT2D eigenvalue weighted by molar-refractivity contribution is 0.519. The van der Waals surface area contributed by atoms with E-state index in [0.29, 0.717) is 10.2 Å². The van der Waals surface area contributed by atoms with Gasteiger partial charge in [-0.3, -0.25) is 4.21 Å². The van der Waals surface area contributed by atoms with E-state index in [1.807, 2.05) is 0 Å². The Labute approximate surface area is 95.9 Å². The maximum absolute atomic E-state index is 12.1. The van der Waals surface area contributed by atoms with Crippen LogP contribution in [0.25, 0.3) is 0 Å². The number of halogens is 1. The lowest BCUT2D eigenvalue weighted by Crippen LogP contribution is -2.36. The quantitative estimate of drug-likeness (QED) is 0.790. The van der Waals surface area contributed by atoms with Crippen LogP contribution >= 0.6 is 11.6 Å². The Kier molecular flexibility index (Phi) is 3.66. The van der Waals surface area contributed by atoms with Crippen molar-refractivity contribution in [3.63, 3.8) is 0 Å². The van der Waals surface area contributed by atoms with E-state index in [9.17, 15) is 4.21 Å². The van der Waals surface area contributed by atoms with Gasteiger partial charge in [-0.05, 0) is 19.4 Å². The van der Waals surface area contributed by atoms with Gasteiger partial charge in [-0.2, -0.15) is 0 Å². The minimum Gasteiger partial charge on any atom is -0.316 e. The third kappa shape index (κ3) is 2.74. The molecule has 1 fully saturated rings. The summed E-state index contributed by atoms with van der Waals surface area (Å²) < 4.78 is 12.1. The van der Waals surface area contributed by atoms with Crippen molar-refractivity contribution < 1.29 is 4.21 Å². The highest BCUT2D eigenvalue weighted by atomic mass is 35.5. The summed E-state index contributed by atoms with van der Waals surface area (Å²) in [4.78, 5) is 7.76. The molecule has 1 aliphatic rings. The van der Waals surface area contributed by atoms with Crippen molar-refractivity contribution in [2.45, 2.75) is 23.1 Å². The maximum Gasteiger partial charge on any atom is 0.133 e. The summed E-state index contributed by atoms with van der Waals surface area (Å²) in [7, 11) is -1.08. The van der Waals surface area contributed by atoms with Gasteiger partial charge in [0.1, 0.15) is 16.5 Å². The van der Waals surface area contributed by atoms with Crippen LogP contribution in [-0.2, 0) is 10.8 Å². The van der Waals surface area contributed by atoms with E-state index in [-0.39, 0.29) is 5.25 Å². The molecule has 1 aromatic rings. The number of hydrogen-bond donors (Lipinski definition) is 1. The fourth-order valence-corrected chi connectivity index (χ4v) is 3.18. The SMILES string of the molecule is O=[S@@](c1cc(Cl)ncn1)[C@@H]1CCCNC1. The van der Waals surface area contributed by atoms with E-state index < -0.39 is 10.8 Å². The Morgan fingerprint density at radius 2 is 2.40 bits per heavy atom. The molecule has 1 N–H and O–H groups in total. The third-order valence-corrected chi connectivity index (χ3v) is 4.22. The van der Waals surface area contributed by atoms with Crippen molar-refractivity contribution in [2.24, 2.45) is 0 Å². The van der Waals surface area contributed by atoms with E-state index in [2.05, 4.69) is 15.3 Å². The highest BCUT2D eigenvalue weighted by molar-refractivity contribution is 7.85. The van der Waals surface area contributed by atoms with E-state index >= 15 is 0 Å². The molecule has 82 valence electrons. The first-order valence-corrected chi connectivity index (χ1v) is 6.45. The predicted molar refractivity (Wildman–Crippen MR) is 59.3 cm³/mol. The fraction of sp³-hybridized carbons (Fsp3) is 0.556. The lowest BCUT2D eigenvalue weighted by Gasteiger charge is -2.21. The Morgan fingerprint density at radius 1 is 1.53 bits per heavy atom. The smallest absolute Gasteiger partial charge is 0.133 e. The molecule has 6 heteroatoms. The van der Waals surface area contributed by atoms with Crippen molar-refractivity contribution in [3.8, 4) is 0 Å². The molecule has 0 spiro atoms. The van der Waals surface area contributed by atoms with Gasteiger partial charge in [-0.25, -0.2) is 9.97 Å². The van der Waals surface area contributed by atoms with Gasteiger partial charge in [0.15, 0.2) is 0 Å². The number of hydrogen-bond acceptors (Lipinski definition) is 4. The second-order valence-corrected chi connectivity index (χ2v) is 5.51. The number of nitrogens with zero attached hydrogens (tertiary/aromatic N) is 2. The van der Waals surface area contributed by atoms with Crippen LogP contribution in [0, 0.1) is 0 Å². The Bertz CT molecular complexity index is 368. The summed E-state index contributed by atoms with van der Waals surface area (Å²) in [5.74, 6) is 0. The van der Waals surface area contributed by atoms with Crippen LogP contribution < -0.4 is 5.32 Å². The normalized spacial score (nSPS) is 23.7. The first kappa shape index (κ1) is 11.0. The van der Waals surface area contributed by atoms with Gasteiger partial charge in [-0.1, -0.05) is 11.6 Å². The molecular weight excluding hydrogens is 234 g/mol. The molecule has 0 unspecified atom stereocenters. The molecule has 1 saturated heterocycles. The molecule has 0 saturated carbocycles. The average molecular weight is 246 g/mol. The van der Waals surface area contributed by atoms with Gasteiger partial charge < -0.3 is 5.32 Å². The van der Waals surface area contributed by atoms with Crippen LogP contribution in [0.15, 0.2) is 17.4 Å². The molecule has 1 aliphatic heterocycles. The monoisotopic (exact) mass is 245 g/mol. The molecule has 0 amide bonds.